The zero-order valence-corrected chi connectivity index (χ0v) is 10.5. The van der Waals surface area contributed by atoms with Crippen LogP contribution in [0.3, 0.4) is 0 Å². The van der Waals surface area contributed by atoms with E-state index >= 15 is 0 Å². The first kappa shape index (κ1) is 13.3. The normalized spacial score (nSPS) is 23.6. The molecule has 2 fully saturated rings. The van der Waals surface area contributed by atoms with Crippen molar-refractivity contribution in [3.8, 4) is 0 Å². The standard InChI is InChI=1S/C12H21N3O3/c13-9(8-15-5-2-1-4-10(15)16)11(17)12(18)14-6-3-7-14/h9,11,17H,1-8,13H2. The van der Waals surface area contributed by atoms with Gasteiger partial charge in [0.1, 0.15) is 6.10 Å². The summed E-state index contributed by atoms with van der Waals surface area (Å²) < 4.78 is 0. The monoisotopic (exact) mass is 255 g/mol. The number of aliphatic hydroxyl groups is 1. The van der Waals surface area contributed by atoms with Gasteiger partial charge >= 0.3 is 0 Å². The fraction of sp³-hybridized carbons (Fsp3) is 0.833. The van der Waals surface area contributed by atoms with Gasteiger partial charge < -0.3 is 20.6 Å². The Balaban J connectivity index is 1.84. The summed E-state index contributed by atoms with van der Waals surface area (Å²) in [6.07, 6.45) is 2.22. The Labute approximate surface area is 107 Å². The second-order valence-electron chi connectivity index (χ2n) is 5.08. The molecule has 18 heavy (non-hydrogen) atoms. The van der Waals surface area contributed by atoms with Crippen LogP contribution in [0.15, 0.2) is 0 Å². The van der Waals surface area contributed by atoms with Gasteiger partial charge in [0.2, 0.25) is 5.91 Å². The van der Waals surface area contributed by atoms with Crippen LogP contribution in [0.2, 0.25) is 0 Å². The van der Waals surface area contributed by atoms with Crippen LogP contribution in [0.25, 0.3) is 0 Å². The number of amides is 2. The first-order valence-electron chi connectivity index (χ1n) is 6.60. The molecule has 2 saturated heterocycles. The summed E-state index contributed by atoms with van der Waals surface area (Å²) in [5.41, 5.74) is 5.84. The molecule has 6 nitrogen and oxygen atoms in total. The Kier molecular flexibility index (Phi) is 4.19. The molecule has 0 aromatic carbocycles. The Morgan fingerprint density at radius 1 is 1.28 bits per heavy atom. The van der Waals surface area contributed by atoms with E-state index in [0.717, 1.165) is 19.3 Å². The average molecular weight is 255 g/mol. The molecule has 0 radical (unpaired) electrons. The van der Waals surface area contributed by atoms with Crippen LogP contribution in [-0.4, -0.2) is 65.0 Å². The molecule has 0 aromatic rings. The molecule has 2 rings (SSSR count). The second-order valence-corrected chi connectivity index (χ2v) is 5.08. The molecule has 0 bridgehead atoms. The maximum Gasteiger partial charge on any atom is 0.253 e. The van der Waals surface area contributed by atoms with E-state index in [0.29, 0.717) is 26.1 Å². The van der Waals surface area contributed by atoms with Gasteiger partial charge in [-0.15, -0.1) is 0 Å². The van der Waals surface area contributed by atoms with Crippen molar-refractivity contribution >= 4 is 11.8 Å². The first-order valence-corrected chi connectivity index (χ1v) is 6.60. The molecule has 0 saturated carbocycles. The number of hydrogen-bond donors (Lipinski definition) is 2. The topological polar surface area (TPSA) is 86.9 Å². The molecule has 0 spiro atoms. The summed E-state index contributed by atoms with van der Waals surface area (Å²) in [6.45, 7) is 2.34. The van der Waals surface area contributed by atoms with Crippen molar-refractivity contribution in [2.45, 2.75) is 37.8 Å². The Morgan fingerprint density at radius 3 is 2.56 bits per heavy atom. The molecule has 2 aliphatic rings. The van der Waals surface area contributed by atoms with Crippen molar-refractivity contribution in [1.29, 1.82) is 0 Å². The second kappa shape index (κ2) is 5.67. The third-order valence-corrected chi connectivity index (χ3v) is 3.68. The lowest BCUT2D eigenvalue weighted by atomic mass is 10.1. The van der Waals surface area contributed by atoms with Crippen LogP contribution in [0, 0.1) is 0 Å². The number of carbonyl (C=O) groups is 2. The van der Waals surface area contributed by atoms with Gasteiger partial charge in [0.25, 0.3) is 5.91 Å². The van der Waals surface area contributed by atoms with E-state index in [4.69, 9.17) is 5.73 Å². The van der Waals surface area contributed by atoms with Gasteiger partial charge in [-0.1, -0.05) is 0 Å². The maximum atomic E-state index is 11.8. The summed E-state index contributed by atoms with van der Waals surface area (Å²) >= 11 is 0. The SMILES string of the molecule is NC(CN1CCCCC1=O)C(O)C(=O)N1CCC1. The van der Waals surface area contributed by atoms with E-state index in [1.54, 1.807) is 9.80 Å². The summed E-state index contributed by atoms with van der Waals surface area (Å²) in [4.78, 5) is 26.7. The molecular weight excluding hydrogens is 234 g/mol. The molecule has 2 aliphatic heterocycles. The summed E-state index contributed by atoms with van der Waals surface area (Å²) in [7, 11) is 0. The van der Waals surface area contributed by atoms with Crippen LogP contribution in [0.4, 0.5) is 0 Å². The highest BCUT2D eigenvalue weighted by Gasteiger charge is 2.32. The smallest absolute Gasteiger partial charge is 0.253 e. The van der Waals surface area contributed by atoms with E-state index in [1.165, 1.54) is 0 Å². The summed E-state index contributed by atoms with van der Waals surface area (Å²) in [5.74, 6) is -0.237. The lowest BCUT2D eigenvalue weighted by Gasteiger charge is -2.35. The lowest BCUT2D eigenvalue weighted by molar-refractivity contribution is -0.146. The molecule has 0 aromatic heterocycles. The minimum Gasteiger partial charge on any atom is -0.382 e. The third kappa shape index (κ3) is 2.81. The van der Waals surface area contributed by atoms with Crippen LogP contribution in [0.5, 0.6) is 0 Å². The van der Waals surface area contributed by atoms with Crippen LogP contribution in [-0.2, 0) is 9.59 Å². The fourth-order valence-corrected chi connectivity index (χ4v) is 2.32. The molecule has 2 atom stereocenters. The summed E-state index contributed by atoms with van der Waals surface area (Å²) in [6, 6.07) is -0.694. The van der Waals surface area contributed by atoms with Gasteiger partial charge in [0, 0.05) is 32.6 Å². The first-order chi connectivity index (χ1) is 8.59. The number of hydrogen-bond acceptors (Lipinski definition) is 4. The minimum atomic E-state index is -1.19. The molecule has 2 heterocycles. The Hall–Kier alpha value is -1.14. The zero-order chi connectivity index (χ0) is 13.1. The van der Waals surface area contributed by atoms with Crippen LogP contribution in [0.1, 0.15) is 25.7 Å². The maximum absolute atomic E-state index is 11.8. The predicted molar refractivity (Wildman–Crippen MR) is 65.6 cm³/mol. The molecule has 102 valence electrons. The van der Waals surface area contributed by atoms with Gasteiger partial charge in [-0.3, -0.25) is 9.59 Å². The van der Waals surface area contributed by atoms with Gasteiger partial charge in [-0.05, 0) is 19.3 Å². The van der Waals surface area contributed by atoms with Crippen LogP contribution < -0.4 is 5.73 Å². The van der Waals surface area contributed by atoms with Gasteiger partial charge in [0.15, 0.2) is 0 Å². The Bertz CT molecular complexity index is 331. The molecular formula is C12H21N3O3. The van der Waals surface area contributed by atoms with Crippen molar-refractivity contribution < 1.29 is 14.7 Å². The van der Waals surface area contributed by atoms with E-state index in [1.807, 2.05) is 0 Å². The predicted octanol–water partition coefficient (Wildman–Crippen LogP) is -1.08. The average Bonchev–Trinajstić information content (AvgIpc) is 2.28. The number of piperidine rings is 1. The van der Waals surface area contributed by atoms with E-state index < -0.39 is 12.1 Å². The van der Waals surface area contributed by atoms with Crippen molar-refractivity contribution in [3.05, 3.63) is 0 Å². The highest BCUT2D eigenvalue weighted by Crippen LogP contribution is 2.13. The zero-order valence-electron chi connectivity index (χ0n) is 10.5. The van der Waals surface area contributed by atoms with Crippen molar-refractivity contribution in [2.75, 3.05) is 26.2 Å². The van der Waals surface area contributed by atoms with E-state index in [9.17, 15) is 14.7 Å². The molecule has 0 aliphatic carbocycles. The largest absolute Gasteiger partial charge is 0.382 e. The van der Waals surface area contributed by atoms with Gasteiger partial charge in [-0.2, -0.15) is 0 Å². The van der Waals surface area contributed by atoms with Crippen LogP contribution >= 0.6 is 0 Å². The number of nitrogens with zero attached hydrogens (tertiary/aromatic N) is 2. The number of aliphatic hydroxyl groups excluding tert-OH is 1. The molecule has 2 amide bonds. The van der Waals surface area contributed by atoms with E-state index in [2.05, 4.69) is 0 Å². The highest BCUT2D eigenvalue weighted by atomic mass is 16.3. The molecule has 6 heteroatoms. The van der Waals surface area contributed by atoms with Crippen molar-refractivity contribution in [3.63, 3.8) is 0 Å². The highest BCUT2D eigenvalue weighted by molar-refractivity contribution is 5.82. The minimum absolute atomic E-state index is 0.0697. The quantitative estimate of drug-likeness (QED) is 0.669. The lowest BCUT2D eigenvalue weighted by Crippen LogP contribution is -2.56. The fourth-order valence-electron chi connectivity index (χ4n) is 2.32. The number of likely N-dealkylation sites (tertiary alicyclic amines) is 2. The number of rotatable bonds is 4. The van der Waals surface area contributed by atoms with Gasteiger partial charge in [-0.25, -0.2) is 0 Å². The summed E-state index contributed by atoms with van der Waals surface area (Å²) in [5, 5.41) is 9.88. The number of nitrogens with two attached hydrogens (primary N) is 1. The van der Waals surface area contributed by atoms with Crippen molar-refractivity contribution in [1.82, 2.24) is 9.80 Å². The molecule has 2 unspecified atom stereocenters. The van der Waals surface area contributed by atoms with E-state index in [-0.39, 0.29) is 18.4 Å². The van der Waals surface area contributed by atoms with Crippen molar-refractivity contribution in [2.24, 2.45) is 5.73 Å². The third-order valence-electron chi connectivity index (χ3n) is 3.68. The molecule has 3 N–H and O–H groups in total. The van der Waals surface area contributed by atoms with Gasteiger partial charge in [0.05, 0.1) is 6.04 Å². The number of carbonyl (C=O) groups excluding carboxylic acids is 2. The Morgan fingerprint density at radius 2 is 2.00 bits per heavy atom.